The standard InChI is InChI=1S/C18H25N3O3/c19-14-7-6-13(10-14)18(23)20-15-4-3-5-16(11-15)24-12-17(22)21-8-1-2-9-21/h3-5,11,13-14H,1-2,6-10,12,19H2,(H,20,23). The molecule has 130 valence electrons. The molecule has 2 aliphatic rings. The molecule has 0 bridgehead atoms. The highest BCUT2D eigenvalue weighted by molar-refractivity contribution is 5.93. The van der Waals surface area contributed by atoms with E-state index in [4.69, 9.17) is 10.5 Å². The zero-order valence-corrected chi connectivity index (χ0v) is 13.9. The second-order valence-electron chi connectivity index (χ2n) is 6.66. The second kappa shape index (κ2) is 7.66. The summed E-state index contributed by atoms with van der Waals surface area (Å²) in [6.45, 7) is 1.68. The normalized spacial score (nSPS) is 23.3. The van der Waals surface area contributed by atoms with E-state index in [-0.39, 0.29) is 30.4 Å². The number of ether oxygens (including phenoxy) is 1. The van der Waals surface area contributed by atoms with Gasteiger partial charge >= 0.3 is 0 Å². The minimum absolute atomic E-state index is 0.00763. The van der Waals surface area contributed by atoms with E-state index in [0.29, 0.717) is 11.4 Å². The van der Waals surface area contributed by atoms with Gasteiger partial charge in [-0.2, -0.15) is 0 Å². The highest BCUT2D eigenvalue weighted by atomic mass is 16.5. The maximum absolute atomic E-state index is 12.2. The Balaban J connectivity index is 1.52. The van der Waals surface area contributed by atoms with E-state index in [2.05, 4.69) is 5.32 Å². The number of nitrogens with one attached hydrogen (secondary N) is 1. The zero-order valence-electron chi connectivity index (χ0n) is 13.9. The van der Waals surface area contributed by atoms with Gasteiger partial charge in [-0.05, 0) is 44.2 Å². The molecule has 3 N–H and O–H groups in total. The molecule has 0 spiro atoms. The molecular weight excluding hydrogens is 306 g/mol. The lowest BCUT2D eigenvalue weighted by Crippen LogP contribution is -2.32. The number of nitrogens with two attached hydrogens (primary N) is 1. The van der Waals surface area contributed by atoms with Crippen molar-refractivity contribution in [2.45, 2.75) is 38.1 Å². The first-order chi connectivity index (χ1) is 11.6. The number of rotatable bonds is 5. The summed E-state index contributed by atoms with van der Waals surface area (Å²) in [7, 11) is 0. The Labute approximate surface area is 142 Å². The Bertz CT molecular complexity index is 599. The molecule has 6 heteroatoms. The van der Waals surface area contributed by atoms with Crippen LogP contribution < -0.4 is 15.8 Å². The quantitative estimate of drug-likeness (QED) is 0.861. The molecule has 1 aromatic carbocycles. The van der Waals surface area contributed by atoms with Gasteiger partial charge in [-0.1, -0.05) is 6.07 Å². The van der Waals surface area contributed by atoms with Crippen LogP contribution in [0, 0.1) is 5.92 Å². The fraction of sp³-hybridized carbons (Fsp3) is 0.556. The summed E-state index contributed by atoms with van der Waals surface area (Å²) >= 11 is 0. The SMILES string of the molecule is NC1CCC(C(=O)Nc2cccc(OCC(=O)N3CCCC3)c2)C1. The predicted molar refractivity (Wildman–Crippen MR) is 91.7 cm³/mol. The van der Waals surface area contributed by atoms with Crippen molar-refractivity contribution in [3.8, 4) is 5.75 Å². The van der Waals surface area contributed by atoms with Gasteiger partial charge in [-0.15, -0.1) is 0 Å². The van der Waals surface area contributed by atoms with Gasteiger partial charge < -0.3 is 20.7 Å². The van der Waals surface area contributed by atoms with Gasteiger partial charge in [-0.3, -0.25) is 9.59 Å². The van der Waals surface area contributed by atoms with Crippen molar-refractivity contribution in [1.29, 1.82) is 0 Å². The summed E-state index contributed by atoms with van der Waals surface area (Å²) in [5.74, 6) is 0.597. The fourth-order valence-electron chi connectivity index (χ4n) is 3.37. The number of carbonyl (C=O) groups is 2. The molecule has 24 heavy (non-hydrogen) atoms. The molecule has 3 rings (SSSR count). The molecule has 2 unspecified atom stereocenters. The lowest BCUT2D eigenvalue weighted by Gasteiger charge is -2.16. The van der Waals surface area contributed by atoms with Crippen LogP contribution in [0.4, 0.5) is 5.69 Å². The third-order valence-electron chi connectivity index (χ3n) is 4.77. The Morgan fingerprint density at radius 2 is 2.04 bits per heavy atom. The minimum Gasteiger partial charge on any atom is -0.484 e. The van der Waals surface area contributed by atoms with Crippen molar-refractivity contribution >= 4 is 17.5 Å². The maximum Gasteiger partial charge on any atom is 0.260 e. The molecule has 1 saturated heterocycles. The molecule has 2 atom stereocenters. The van der Waals surface area contributed by atoms with Crippen molar-refractivity contribution in [3.05, 3.63) is 24.3 Å². The number of carbonyl (C=O) groups excluding carboxylic acids is 2. The van der Waals surface area contributed by atoms with Crippen molar-refractivity contribution in [1.82, 2.24) is 4.90 Å². The van der Waals surface area contributed by atoms with E-state index in [9.17, 15) is 9.59 Å². The van der Waals surface area contributed by atoms with Crippen molar-refractivity contribution in [3.63, 3.8) is 0 Å². The van der Waals surface area contributed by atoms with E-state index in [1.165, 1.54) is 0 Å². The third kappa shape index (κ3) is 4.26. The molecule has 2 amide bonds. The number of nitrogens with zero attached hydrogens (tertiary/aromatic N) is 1. The monoisotopic (exact) mass is 331 g/mol. The zero-order chi connectivity index (χ0) is 16.9. The lowest BCUT2D eigenvalue weighted by atomic mass is 10.1. The van der Waals surface area contributed by atoms with Crippen LogP contribution >= 0.6 is 0 Å². The average Bonchev–Trinajstić information content (AvgIpc) is 3.24. The van der Waals surface area contributed by atoms with Gasteiger partial charge in [0.05, 0.1) is 0 Å². The fourth-order valence-corrected chi connectivity index (χ4v) is 3.37. The van der Waals surface area contributed by atoms with Gasteiger partial charge in [0.15, 0.2) is 6.61 Å². The number of hydrogen-bond acceptors (Lipinski definition) is 4. The second-order valence-corrected chi connectivity index (χ2v) is 6.66. The Kier molecular flexibility index (Phi) is 5.35. The van der Waals surface area contributed by atoms with Crippen molar-refractivity contribution < 1.29 is 14.3 Å². The summed E-state index contributed by atoms with van der Waals surface area (Å²) in [6.07, 6.45) is 4.62. The highest BCUT2D eigenvalue weighted by Gasteiger charge is 2.27. The van der Waals surface area contributed by atoms with Gasteiger partial charge in [0.25, 0.3) is 5.91 Å². The smallest absolute Gasteiger partial charge is 0.260 e. The molecule has 6 nitrogen and oxygen atoms in total. The van der Waals surface area contributed by atoms with Crippen LogP contribution in [-0.4, -0.2) is 42.5 Å². The highest BCUT2D eigenvalue weighted by Crippen LogP contribution is 2.26. The Morgan fingerprint density at radius 1 is 1.25 bits per heavy atom. The topological polar surface area (TPSA) is 84.7 Å². The van der Waals surface area contributed by atoms with Crippen LogP contribution in [0.3, 0.4) is 0 Å². The summed E-state index contributed by atoms with van der Waals surface area (Å²) in [5, 5.41) is 2.92. The molecular formula is C18H25N3O3. The number of amides is 2. The van der Waals surface area contributed by atoms with Crippen LogP contribution in [0.5, 0.6) is 5.75 Å². The van der Waals surface area contributed by atoms with Crippen LogP contribution in [0.15, 0.2) is 24.3 Å². The van der Waals surface area contributed by atoms with Gasteiger partial charge in [0.1, 0.15) is 5.75 Å². The first kappa shape index (κ1) is 16.8. The van der Waals surface area contributed by atoms with E-state index in [0.717, 1.165) is 45.2 Å². The lowest BCUT2D eigenvalue weighted by molar-refractivity contribution is -0.132. The van der Waals surface area contributed by atoms with Crippen LogP contribution in [0.25, 0.3) is 0 Å². The molecule has 1 aliphatic heterocycles. The summed E-state index contributed by atoms with van der Waals surface area (Å²) in [5.41, 5.74) is 6.55. The number of anilines is 1. The molecule has 1 saturated carbocycles. The molecule has 1 aliphatic carbocycles. The van der Waals surface area contributed by atoms with E-state index in [1.54, 1.807) is 12.1 Å². The molecule has 1 aromatic rings. The Morgan fingerprint density at radius 3 is 2.75 bits per heavy atom. The molecule has 2 fully saturated rings. The summed E-state index contributed by atoms with van der Waals surface area (Å²) < 4.78 is 5.58. The summed E-state index contributed by atoms with van der Waals surface area (Å²) in [6, 6.07) is 7.31. The largest absolute Gasteiger partial charge is 0.484 e. The molecule has 0 radical (unpaired) electrons. The van der Waals surface area contributed by atoms with Gasteiger partial charge in [0, 0.05) is 36.8 Å². The maximum atomic E-state index is 12.2. The van der Waals surface area contributed by atoms with E-state index >= 15 is 0 Å². The third-order valence-corrected chi connectivity index (χ3v) is 4.77. The van der Waals surface area contributed by atoms with Gasteiger partial charge in [0.2, 0.25) is 5.91 Å². The van der Waals surface area contributed by atoms with Crippen LogP contribution in [0.2, 0.25) is 0 Å². The van der Waals surface area contributed by atoms with Gasteiger partial charge in [-0.25, -0.2) is 0 Å². The molecule has 0 aromatic heterocycles. The minimum atomic E-state index is -0.0127. The van der Waals surface area contributed by atoms with E-state index in [1.807, 2.05) is 17.0 Å². The van der Waals surface area contributed by atoms with E-state index < -0.39 is 0 Å². The number of benzene rings is 1. The average molecular weight is 331 g/mol. The molecule has 1 heterocycles. The van der Waals surface area contributed by atoms with Crippen LogP contribution in [0.1, 0.15) is 32.1 Å². The number of likely N-dealkylation sites (tertiary alicyclic amines) is 1. The Hall–Kier alpha value is -2.08. The van der Waals surface area contributed by atoms with Crippen LogP contribution in [-0.2, 0) is 9.59 Å². The predicted octanol–water partition coefficient (Wildman–Crippen LogP) is 1.75. The summed E-state index contributed by atoms with van der Waals surface area (Å²) in [4.78, 5) is 26.1. The number of hydrogen-bond donors (Lipinski definition) is 2. The van der Waals surface area contributed by atoms with Crippen molar-refractivity contribution in [2.24, 2.45) is 11.7 Å². The first-order valence-corrected chi connectivity index (χ1v) is 8.69. The first-order valence-electron chi connectivity index (χ1n) is 8.69. The van der Waals surface area contributed by atoms with Crippen molar-refractivity contribution in [2.75, 3.05) is 25.0 Å².